The van der Waals surface area contributed by atoms with Gasteiger partial charge in [-0.1, -0.05) is 30.3 Å². The molecule has 0 bridgehead atoms. The van der Waals surface area contributed by atoms with Crippen molar-refractivity contribution >= 4 is 11.6 Å². The summed E-state index contributed by atoms with van der Waals surface area (Å²) in [5.74, 6) is 0.831. The first-order valence-electron chi connectivity index (χ1n) is 10.7. The van der Waals surface area contributed by atoms with E-state index in [1.165, 1.54) is 6.07 Å². The molecule has 1 amide bonds. The molecule has 0 spiro atoms. The number of ether oxygens (including phenoxy) is 1. The summed E-state index contributed by atoms with van der Waals surface area (Å²) in [5, 5.41) is 7.33. The zero-order chi connectivity index (χ0) is 23.5. The Hall–Kier alpha value is -3.87. The summed E-state index contributed by atoms with van der Waals surface area (Å²) >= 11 is 0. The summed E-state index contributed by atoms with van der Waals surface area (Å²) < 4.78 is 27.3. The summed E-state index contributed by atoms with van der Waals surface area (Å²) in [5.41, 5.74) is 4.62. The van der Waals surface area contributed by atoms with Gasteiger partial charge in [-0.05, 0) is 63.1 Å². The predicted molar refractivity (Wildman–Crippen MR) is 124 cm³/mol. The summed E-state index contributed by atoms with van der Waals surface area (Å²) in [6.45, 7) is 8.11. The van der Waals surface area contributed by atoms with Crippen molar-refractivity contribution in [3.8, 4) is 5.75 Å². The first-order valence-corrected chi connectivity index (χ1v) is 10.7. The monoisotopic (exact) mass is 447 g/mol. The lowest BCUT2D eigenvalue weighted by Gasteiger charge is -2.08. The van der Waals surface area contributed by atoms with E-state index in [1.54, 1.807) is 41.9 Å². The molecule has 1 N–H and O–H groups in total. The molecule has 7 heteroatoms. The van der Waals surface area contributed by atoms with Crippen molar-refractivity contribution in [1.29, 1.82) is 0 Å². The maximum absolute atomic E-state index is 14.0. The molecule has 0 fully saturated rings. The molecule has 0 saturated heterocycles. The van der Waals surface area contributed by atoms with E-state index in [1.807, 2.05) is 39.0 Å². The number of nitrogens with one attached hydrogen (secondary N) is 1. The van der Waals surface area contributed by atoms with Gasteiger partial charge in [0.25, 0.3) is 5.91 Å². The lowest BCUT2D eigenvalue weighted by Crippen LogP contribution is -2.12. The number of halogens is 1. The van der Waals surface area contributed by atoms with Gasteiger partial charge >= 0.3 is 0 Å². The molecule has 0 aliphatic heterocycles. The smallest absolute Gasteiger partial charge is 0.291 e. The zero-order valence-corrected chi connectivity index (χ0v) is 19.1. The van der Waals surface area contributed by atoms with Gasteiger partial charge in [-0.2, -0.15) is 5.10 Å². The van der Waals surface area contributed by atoms with Gasteiger partial charge in [0.1, 0.15) is 23.9 Å². The van der Waals surface area contributed by atoms with Crippen LogP contribution in [0.3, 0.4) is 0 Å². The lowest BCUT2D eigenvalue weighted by molar-refractivity contribution is 0.0992. The Kier molecular flexibility index (Phi) is 6.31. The van der Waals surface area contributed by atoms with Crippen molar-refractivity contribution in [2.24, 2.45) is 0 Å². The summed E-state index contributed by atoms with van der Waals surface area (Å²) in [7, 11) is 0. The summed E-state index contributed by atoms with van der Waals surface area (Å²) in [6.07, 6.45) is 0. The van der Waals surface area contributed by atoms with Gasteiger partial charge in [-0.3, -0.25) is 9.48 Å². The number of hydrogen-bond acceptors (Lipinski definition) is 4. The second kappa shape index (κ2) is 9.32. The van der Waals surface area contributed by atoms with Crippen LogP contribution >= 0.6 is 0 Å². The normalized spacial score (nSPS) is 10.9. The topological polar surface area (TPSA) is 69.3 Å². The molecule has 2 aromatic carbocycles. The number of furan rings is 1. The van der Waals surface area contributed by atoms with Crippen molar-refractivity contribution in [2.45, 2.75) is 40.8 Å². The van der Waals surface area contributed by atoms with Gasteiger partial charge in [0.2, 0.25) is 0 Å². The van der Waals surface area contributed by atoms with E-state index in [2.05, 4.69) is 10.4 Å². The average molecular weight is 448 g/mol. The lowest BCUT2D eigenvalue weighted by atomic mass is 10.1. The second-order valence-corrected chi connectivity index (χ2v) is 8.07. The Balaban J connectivity index is 1.44. The van der Waals surface area contributed by atoms with Crippen LogP contribution in [0.1, 0.15) is 44.4 Å². The van der Waals surface area contributed by atoms with E-state index in [0.717, 1.165) is 22.6 Å². The Morgan fingerprint density at radius 3 is 2.67 bits per heavy atom. The number of anilines is 1. The van der Waals surface area contributed by atoms with Gasteiger partial charge < -0.3 is 14.5 Å². The van der Waals surface area contributed by atoms with Crippen molar-refractivity contribution < 1.29 is 18.3 Å². The minimum absolute atomic E-state index is 0.176. The van der Waals surface area contributed by atoms with Gasteiger partial charge in [0, 0.05) is 5.56 Å². The molecule has 4 rings (SSSR count). The fourth-order valence-corrected chi connectivity index (χ4v) is 3.58. The van der Waals surface area contributed by atoms with Crippen LogP contribution in [0.15, 0.2) is 59.0 Å². The maximum atomic E-state index is 14.0. The third-order valence-electron chi connectivity index (χ3n) is 5.50. The van der Waals surface area contributed by atoms with E-state index in [4.69, 9.17) is 9.15 Å². The third-order valence-corrected chi connectivity index (χ3v) is 5.50. The molecule has 0 aliphatic carbocycles. The number of hydrogen-bond donors (Lipinski definition) is 1. The highest BCUT2D eigenvalue weighted by Crippen LogP contribution is 2.24. The third kappa shape index (κ3) is 4.98. The molecular weight excluding hydrogens is 421 g/mol. The van der Waals surface area contributed by atoms with Gasteiger partial charge in [0.15, 0.2) is 5.76 Å². The molecule has 0 aliphatic rings. The Morgan fingerprint density at radius 2 is 1.88 bits per heavy atom. The largest absolute Gasteiger partial charge is 0.485 e. The van der Waals surface area contributed by atoms with E-state index >= 15 is 0 Å². The SMILES string of the molecule is Cc1ccc(C)c(OCc2ccc(C(=O)Nc3c(C)nn(Cc4ccccc4F)c3C)o2)c1. The maximum Gasteiger partial charge on any atom is 0.291 e. The molecule has 6 nitrogen and oxygen atoms in total. The fraction of sp³-hybridized carbons (Fsp3) is 0.231. The summed E-state index contributed by atoms with van der Waals surface area (Å²) in [6, 6.07) is 15.9. The molecule has 0 saturated carbocycles. The van der Waals surface area contributed by atoms with Gasteiger partial charge in [0.05, 0.1) is 23.6 Å². The van der Waals surface area contributed by atoms with Crippen molar-refractivity contribution in [1.82, 2.24) is 9.78 Å². The van der Waals surface area contributed by atoms with Crippen molar-refractivity contribution in [3.05, 3.63) is 100 Å². The van der Waals surface area contributed by atoms with Crippen molar-refractivity contribution in [3.63, 3.8) is 0 Å². The predicted octanol–water partition coefficient (Wildman–Crippen LogP) is 5.73. The highest BCUT2D eigenvalue weighted by molar-refractivity contribution is 6.02. The number of amides is 1. The van der Waals surface area contributed by atoms with E-state index in [9.17, 15) is 9.18 Å². The molecule has 2 aromatic heterocycles. The summed E-state index contributed by atoms with van der Waals surface area (Å²) in [4.78, 5) is 12.8. The zero-order valence-electron chi connectivity index (χ0n) is 19.1. The molecule has 0 unspecified atom stereocenters. The average Bonchev–Trinajstić information content (AvgIpc) is 3.36. The fourth-order valence-electron chi connectivity index (χ4n) is 3.58. The first kappa shape index (κ1) is 22.3. The number of aromatic nitrogens is 2. The van der Waals surface area contributed by atoms with E-state index in [-0.39, 0.29) is 30.6 Å². The number of nitrogens with zero attached hydrogens (tertiary/aromatic N) is 2. The van der Waals surface area contributed by atoms with Crippen LogP contribution in [0, 0.1) is 33.5 Å². The molecular formula is C26H26FN3O3. The van der Waals surface area contributed by atoms with Crippen LogP contribution in [0.5, 0.6) is 5.75 Å². The number of benzene rings is 2. The number of carbonyl (C=O) groups is 1. The molecule has 4 aromatic rings. The molecule has 0 atom stereocenters. The Bertz CT molecular complexity index is 1310. The molecule has 170 valence electrons. The van der Waals surface area contributed by atoms with Crippen LogP contribution in [0.25, 0.3) is 0 Å². The van der Waals surface area contributed by atoms with Crippen molar-refractivity contribution in [2.75, 3.05) is 5.32 Å². The van der Waals surface area contributed by atoms with Gasteiger partial charge in [-0.15, -0.1) is 0 Å². The Labute approximate surface area is 192 Å². The van der Waals surface area contributed by atoms with Crippen LogP contribution in [-0.4, -0.2) is 15.7 Å². The van der Waals surface area contributed by atoms with Gasteiger partial charge in [-0.25, -0.2) is 4.39 Å². The van der Waals surface area contributed by atoms with Crippen LogP contribution in [0.2, 0.25) is 0 Å². The molecule has 0 radical (unpaired) electrons. The minimum Gasteiger partial charge on any atom is -0.485 e. The number of aryl methyl sites for hydroxylation is 3. The highest BCUT2D eigenvalue weighted by atomic mass is 19.1. The van der Waals surface area contributed by atoms with Crippen LogP contribution in [-0.2, 0) is 13.2 Å². The van der Waals surface area contributed by atoms with E-state index in [0.29, 0.717) is 22.7 Å². The second-order valence-electron chi connectivity index (χ2n) is 8.07. The standard InChI is InChI=1S/C26H26FN3O3/c1-16-9-10-17(2)24(13-16)32-15-21-11-12-23(33-21)26(31)28-25-18(3)29-30(19(25)4)14-20-7-5-6-8-22(20)27/h5-13H,14-15H2,1-4H3,(H,28,31). The molecule has 2 heterocycles. The highest BCUT2D eigenvalue weighted by Gasteiger charge is 2.18. The number of rotatable bonds is 7. The minimum atomic E-state index is -0.385. The quantitative estimate of drug-likeness (QED) is 0.393. The first-order chi connectivity index (χ1) is 15.8. The van der Waals surface area contributed by atoms with Crippen LogP contribution < -0.4 is 10.1 Å². The number of carbonyl (C=O) groups excluding carboxylic acids is 1. The molecule has 33 heavy (non-hydrogen) atoms. The Morgan fingerprint density at radius 1 is 1.09 bits per heavy atom. The van der Waals surface area contributed by atoms with Crippen LogP contribution in [0.4, 0.5) is 10.1 Å². The van der Waals surface area contributed by atoms with E-state index < -0.39 is 0 Å².